The molecule has 2 aliphatic rings. The van der Waals surface area contributed by atoms with Gasteiger partial charge < -0.3 is 4.74 Å². The molecule has 4 atom stereocenters. The van der Waals surface area contributed by atoms with Crippen LogP contribution in [0.15, 0.2) is 24.3 Å². The minimum absolute atomic E-state index is 0.469. The summed E-state index contributed by atoms with van der Waals surface area (Å²) in [5.74, 6) is 0.721. The highest BCUT2D eigenvalue weighted by atomic mass is 79.9. The van der Waals surface area contributed by atoms with Crippen LogP contribution in [0.3, 0.4) is 0 Å². The molecule has 1 nitrogen and oxygen atoms in total. The van der Waals surface area contributed by atoms with Gasteiger partial charge in [-0.05, 0) is 62.5 Å². The molecule has 0 aromatic heterocycles. The first-order valence-electron chi connectivity index (χ1n) is 7.61. The fourth-order valence-corrected chi connectivity index (χ4v) is 4.55. The van der Waals surface area contributed by atoms with Gasteiger partial charge in [-0.1, -0.05) is 40.2 Å². The van der Waals surface area contributed by atoms with Crippen molar-refractivity contribution in [2.45, 2.75) is 62.5 Å². The van der Waals surface area contributed by atoms with Crippen LogP contribution < -0.4 is 0 Å². The minimum atomic E-state index is 0.469. The monoisotopic (exact) mass is 322 g/mol. The second-order valence-corrected chi connectivity index (χ2v) is 7.12. The van der Waals surface area contributed by atoms with Gasteiger partial charge in [-0.3, -0.25) is 0 Å². The minimum Gasteiger partial charge on any atom is -0.375 e. The molecule has 1 aliphatic carbocycles. The number of hydrogen-bond donors (Lipinski definition) is 0. The van der Waals surface area contributed by atoms with Crippen molar-refractivity contribution < 1.29 is 4.74 Å². The van der Waals surface area contributed by atoms with Crippen molar-refractivity contribution in [3.05, 3.63) is 35.4 Å². The Kier molecular flexibility index (Phi) is 4.28. The molecule has 1 fully saturated rings. The number of hydrogen-bond acceptors (Lipinski definition) is 1. The number of fused-ring (bicyclic) bond motifs is 1. The average molecular weight is 323 g/mol. The van der Waals surface area contributed by atoms with Crippen molar-refractivity contribution >= 4 is 15.9 Å². The molecule has 0 bridgehead atoms. The lowest BCUT2D eigenvalue weighted by Gasteiger charge is -2.24. The number of halogens is 1. The Hall–Kier alpha value is -0.340. The maximum atomic E-state index is 6.02. The van der Waals surface area contributed by atoms with Gasteiger partial charge in [-0.25, -0.2) is 0 Å². The highest BCUT2D eigenvalue weighted by molar-refractivity contribution is 9.09. The van der Waals surface area contributed by atoms with Crippen LogP contribution in [0.1, 0.15) is 55.0 Å². The number of ether oxygens (including phenoxy) is 1. The Morgan fingerprint density at radius 1 is 1.21 bits per heavy atom. The summed E-state index contributed by atoms with van der Waals surface area (Å²) >= 11 is 3.97. The largest absolute Gasteiger partial charge is 0.375 e. The van der Waals surface area contributed by atoms with Crippen LogP contribution in [0, 0.1) is 5.92 Å². The topological polar surface area (TPSA) is 9.23 Å². The first-order chi connectivity index (χ1) is 9.24. The number of benzene rings is 1. The highest BCUT2D eigenvalue weighted by Gasteiger charge is 2.30. The molecule has 1 aliphatic heterocycles. The lowest BCUT2D eigenvalue weighted by atomic mass is 9.90. The Bertz CT molecular complexity index is 431. The van der Waals surface area contributed by atoms with Crippen LogP contribution in [0.4, 0.5) is 0 Å². The molecule has 2 heteroatoms. The smallest absolute Gasteiger partial charge is 0.0582 e. The maximum absolute atomic E-state index is 6.02. The van der Waals surface area contributed by atoms with E-state index in [-0.39, 0.29) is 0 Å². The molecular weight excluding hydrogens is 300 g/mol. The van der Waals surface area contributed by atoms with Crippen molar-refractivity contribution in [3.8, 4) is 0 Å². The zero-order chi connectivity index (χ0) is 13.2. The summed E-state index contributed by atoms with van der Waals surface area (Å²) < 4.78 is 6.02. The summed E-state index contributed by atoms with van der Waals surface area (Å²) in [4.78, 5) is 0.505. The Morgan fingerprint density at radius 2 is 2.05 bits per heavy atom. The van der Waals surface area contributed by atoms with Gasteiger partial charge in [-0.15, -0.1) is 0 Å². The third kappa shape index (κ3) is 3.05. The third-order valence-corrected chi connectivity index (χ3v) is 5.91. The van der Waals surface area contributed by atoms with Crippen molar-refractivity contribution in [1.29, 1.82) is 0 Å². The second kappa shape index (κ2) is 5.97. The van der Waals surface area contributed by atoms with Crippen molar-refractivity contribution in [2.75, 3.05) is 0 Å². The van der Waals surface area contributed by atoms with Crippen molar-refractivity contribution in [1.82, 2.24) is 0 Å². The third-order valence-electron chi connectivity index (χ3n) is 4.67. The van der Waals surface area contributed by atoms with Crippen LogP contribution in [0.25, 0.3) is 0 Å². The Morgan fingerprint density at radius 3 is 2.84 bits per heavy atom. The molecular formula is C17H23BrO. The lowest BCUT2D eigenvalue weighted by molar-refractivity contribution is 0.0399. The van der Waals surface area contributed by atoms with Gasteiger partial charge in [0, 0.05) is 4.83 Å². The molecule has 0 spiro atoms. The fraction of sp³-hybridized carbons (Fsp3) is 0.647. The second-order valence-electron chi connectivity index (χ2n) is 6.13. The van der Waals surface area contributed by atoms with Gasteiger partial charge in [0.15, 0.2) is 0 Å². The molecule has 1 heterocycles. The zero-order valence-electron chi connectivity index (χ0n) is 11.6. The van der Waals surface area contributed by atoms with Gasteiger partial charge in [0.25, 0.3) is 0 Å². The van der Waals surface area contributed by atoms with Crippen molar-refractivity contribution in [2.24, 2.45) is 5.92 Å². The molecule has 0 amide bonds. The maximum Gasteiger partial charge on any atom is 0.0582 e. The standard InChI is InChI=1S/C17H23BrO/c1-12-9-10-15(19-12)11-14-7-4-6-13-5-2-3-8-16(13)17(14)18/h2-3,5,8,12,14-15,17H,4,6-7,9-11H2,1H3. The molecule has 1 aromatic carbocycles. The van der Waals surface area contributed by atoms with E-state index in [1.165, 1.54) is 49.7 Å². The number of aryl methyl sites for hydroxylation is 1. The van der Waals surface area contributed by atoms with Crippen LogP contribution in [-0.4, -0.2) is 12.2 Å². The fourth-order valence-electron chi connectivity index (χ4n) is 3.62. The first-order valence-corrected chi connectivity index (χ1v) is 8.53. The highest BCUT2D eigenvalue weighted by Crippen LogP contribution is 2.42. The SMILES string of the molecule is CC1CCC(CC2CCCc3ccccc3C2Br)O1. The molecule has 0 N–H and O–H groups in total. The van der Waals surface area contributed by atoms with E-state index in [0.717, 1.165) is 5.92 Å². The van der Waals surface area contributed by atoms with Gasteiger partial charge in [0.1, 0.15) is 0 Å². The molecule has 0 radical (unpaired) electrons. The van der Waals surface area contributed by atoms with Crippen molar-refractivity contribution in [3.63, 3.8) is 0 Å². The number of alkyl halides is 1. The zero-order valence-corrected chi connectivity index (χ0v) is 13.2. The van der Waals surface area contributed by atoms with E-state index in [1.807, 2.05) is 0 Å². The molecule has 1 aromatic rings. The predicted octanol–water partition coefficient (Wildman–Crippen LogP) is 5.03. The number of rotatable bonds is 2. The van der Waals surface area contributed by atoms with E-state index in [9.17, 15) is 0 Å². The molecule has 19 heavy (non-hydrogen) atoms. The van der Waals surface area contributed by atoms with Crippen LogP contribution in [0.2, 0.25) is 0 Å². The summed E-state index contributed by atoms with van der Waals surface area (Å²) in [6.45, 7) is 2.20. The molecule has 104 valence electrons. The van der Waals surface area contributed by atoms with Gasteiger partial charge in [0.2, 0.25) is 0 Å². The Labute approximate surface area is 124 Å². The van der Waals surface area contributed by atoms with Gasteiger partial charge in [-0.2, -0.15) is 0 Å². The summed E-state index contributed by atoms with van der Waals surface area (Å²) in [6.07, 6.45) is 8.53. The molecule has 1 saturated heterocycles. The van der Waals surface area contributed by atoms with E-state index in [1.54, 1.807) is 0 Å². The first kappa shape index (κ1) is 13.6. The van der Waals surface area contributed by atoms with Crippen LogP contribution in [0.5, 0.6) is 0 Å². The predicted molar refractivity (Wildman–Crippen MR) is 82.7 cm³/mol. The molecule has 4 unspecified atom stereocenters. The molecule has 3 rings (SSSR count). The van der Waals surface area contributed by atoms with E-state index in [2.05, 4.69) is 47.1 Å². The Balaban J connectivity index is 1.72. The summed E-state index contributed by atoms with van der Waals surface area (Å²) in [6, 6.07) is 8.93. The van der Waals surface area contributed by atoms with E-state index in [4.69, 9.17) is 4.74 Å². The summed E-state index contributed by atoms with van der Waals surface area (Å²) in [5, 5.41) is 0. The lowest BCUT2D eigenvalue weighted by Crippen LogP contribution is -2.17. The van der Waals surface area contributed by atoms with E-state index >= 15 is 0 Å². The van der Waals surface area contributed by atoms with Gasteiger partial charge >= 0.3 is 0 Å². The summed E-state index contributed by atoms with van der Waals surface area (Å²) in [5.41, 5.74) is 3.05. The summed E-state index contributed by atoms with van der Waals surface area (Å²) in [7, 11) is 0. The normalized spacial score (nSPS) is 34.8. The quantitative estimate of drug-likeness (QED) is 0.548. The van der Waals surface area contributed by atoms with Crippen LogP contribution >= 0.6 is 15.9 Å². The van der Waals surface area contributed by atoms with Gasteiger partial charge in [0.05, 0.1) is 12.2 Å². The van der Waals surface area contributed by atoms with E-state index < -0.39 is 0 Å². The van der Waals surface area contributed by atoms with E-state index in [0.29, 0.717) is 17.0 Å². The van der Waals surface area contributed by atoms with Crippen LogP contribution in [-0.2, 0) is 11.2 Å². The average Bonchev–Trinajstić information content (AvgIpc) is 2.75. The molecule has 0 saturated carbocycles.